The SMILES string of the molecule is [2H]c1c([2H])c([2H])c(-c2ccc3sc4c(ccc5c4c4cc(-c6c([2H])c([2H])c([2H])c([2H])c6[2H])ccc4n5-c4c([N+]#[C-])cc(-c5nc(-c6c([2H])c([2H])c([2H])c([2H])c6[2H])nc(-c6c([2H])c([2H])c([2H])c([2H])c6[2H])n5)c(-n5c6ccc(-c7c([2H])c([2H])c([2H])c([2H])c7[2H])cc6c6c7sc8ccc(-c9c([2H])c([2H])c([2H])c([2H])c9[2H])cc8c7ccc65)c4-c4ccccc4)c3c2)c([2H])c1[2H]. The maximum atomic E-state index is 9.76. The largest absolute Gasteiger partial charge is 0.318 e. The van der Waals surface area contributed by atoms with Crippen molar-refractivity contribution in [2.75, 3.05) is 0 Å². The lowest BCUT2D eigenvalue weighted by atomic mass is 9.94. The van der Waals surface area contributed by atoms with Gasteiger partial charge in [-0.3, -0.25) is 0 Å². The van der Waals surface area contributed by atoms with Crippen molar-refractivity contribution >= 4 is 112 Å². The number of aromatic nitrogens is 5. The van der Waals surface area contributed by atoms with E-state index in [0.717, 1.165) is 0 Å². The summed E-state index contributed by atoms with van der Waals surface area (Å²) in [6.07, 6.45) is 0. The van der Waals surface area contributed by atoms with Gasteiger partial charge in [0.1, 0.15) is 0 Å². The van der Waals surface area contributed by atoms with E-state index in [9.17, 15) is 17.5 Å². The average molecular weight is 1290 g/mol. The normalized spacial score (nSPS) is 16.1. The monoisotopic (exact) mass is 1290 g/mol. The van der Waals surface area contributed by atoms with E-state index in [4.69, 9.17) is 40.1 Å². The Labute approximate surface area is 602 Å². The van der Waals surface area contributed by atoms with Crippen LogP contribution in [0, 0.1) is 6.57 Å². The zero-order valence-corrected chi connectivity index (χ0v) is 50.8. The zero-order chi connectivity index (χ0) is 89.5. The predicted molar refractivity (Wildman–Crippen MR) is 404 cm³/mol. The summed E-state index contributed by atoms with van der Waals surface area (Å²) in [6.45, 7) is 9.76. The summed E-state index contributed by atoms with van der Waals surface area (Å²) >= 11 is 2.59. The van der Waals surface area contributed by atoms with Crippen LogP contribution in [0.3, 0.4) is 0 Å². The number of thiophene rings is 2. The van der Waals surface area contributed by atoms with Gasteiger partial charge in [-0.25, -0.2) is 19.8 Å². The molecular weight excluding hydrogens is 1210 g/mol. The van der Waals surface area contributed by atoms with Crippen molar-refractivity contribution in [2.45, 2.75) is 0 Å². The molecule has 96 heavy (non-hydrogen) atoms. The molecule has 19 aromatic rings. The van der Waals surface area contributed by atoms with Crippen LogP contribution in [0.1, 0.15) is 41.1 Å². The van der Waals surface area contributed by atoms with Crippen LogP contribution in [0.5, 0.6) is 0 Å². The molecule has 8 heteroatoms. The first-order valence-corrected chi connectivity index (χ1v) is 31.3. The van der Waals surface area contributed by atoms with Crippen molar-refractivity contribution in [3.05, 3.63) is 326 Å². The lowest BCUT2D eigenvalue weighted by molar-refractivity contribution is 1.06. The van der Waals surface area contributed by atoms with Crippen LogP contribution < -0.4 is 0 Å². The minimum Gasteiger partial charge on any atom is -0.318 e. The number of fused-ring (bicyclic) bond motifs is 14. The maximum Gasteiger partial charge on any atom is 0.212 e. The third-order valence-electron chi connectivity index (χ3n) is 17.1. The van der Waals surface area contributed by atoms with E-state index in [0.29, 0.717) is 84.0 Å². The van der Waals surface area contributed by atoms with Crippen LogP contribution in [-0.2, 0) is 0 Å². The van der Waals surface area contributed by atoms with Gasteiger partial charge in [-0.2, -0.15) is 0 Å². The molecule has 0 unspecified atom stereocenters. The summed E-state index contributed by atoms with van der Waals surface area (Å²) in [5, 5.41) is 3.84. The number of hydrogen-bond acceptors (Lipinski definition) is 5. The number of benzene rings is 14. The smallest absolute Gasteiger partial charge is 0.212 e. The summed E-state index contributed by atoms with van der Waals surface area (Å²) in [7, 11) is 0. The van der Waals surface area contributed by atoms with Gasteiger partial charge in [0.25, 0.3) is 0 Å². The zero-order valence-electron chi connectivity index (χ0n) is 79.2. The molecule has 0 amide bonds. The highest BCUT2D eigenvalue weighted by Gasteiger charge is 2.31. The molecule has 0 aliphatic carbocycles. The summed E-state index contributed by atoms with van der Waals surface area (Å²) in [4.78, 5) is 19.2. The molecule has 446 valence electrons. The van der Waals surface area contributed by atoms with E-state index >= 15 is 0 Å². The van der Waals surface area contributed by atoms with Crippen molar-refractivity contribution in [3.63, 3.8) is 0 Å². The van der Waals surface area contributed by atoms with Gasteiger partial charge in [-0.15, -0.1) is 22.7 Å². The summed E-state index contributed by atoms with van der Waals surface area (Å²) in [6, 6.07) is 17.6. The molecule has 0 fully saturated rings. The van der Waals surface area contributed by atoms with Gasteiger partial charge in [0, 0.05) is 84.1 Å². The van der Waals surface area contributed by atoms with Crippen LogP contribution in [0.15, 0.2) is 315 Å². The highest BCUT2D eigenvalue weighted by atomic mass is 32.1. The predicted octanol–water partition coefficient (Wildman–Crippen LogP) is 24.7. The second-order valence-electron chi connectivity index (χ2n) is 22.2. The van der Waals surface area contributed by atoms with E-state index in [1.807, 2.05) is 10.6 Å². The Bertz CT molecular complexity index is 8060. The Balaban J connectivity index is 1.03. The first-order valence-electron chi connectivity index (χ1n) is 44.7. The molecule has 0 atom stereocenters. The van der Waals surface area contributed by atoms with Gasteiger partial charge in [-0.1, -0.05) is 248 Å². The van der Waals surface area contributed by atoms with E-state index < -0.39 is 210 Å². The molecule has 0 saturated heterocycles. The van der Waals surface area contributed by atoms with Crippen LogP contribution in [0.25, 0.3) is 190 Å². The molecule has 19 rings (SSSR count). The standard InChI is InChI=1S/C88H52N6S2/c1-89-72-53-71(88-91-86(59-33-19-7-20-34-59)90-87(92-88)60-35-21-8-22-36-60)82(93-73-43-37-61(54-23-9-2-10-24-54)51-69(73)80-75(93)45-41-65-67-49-63(56-27-13-4-14-28-56)39-47-77(67)95-84(65)80)79(58-31-17-6-18-32-58)83(72)94-74-44-38-62(55-25-11-3-12-26-55)52-70(74)81-76(94)46-42-66-68-50-64(57-29-15-5-16-30-57)40-48-78(68)96-85(66)81/h2-53H/i2D,3D,4D,5D,7D,8D,9D,10D,11D,12D,13D,14D,15D,16D,19D,20D,21D,22D,23D,24D,25D,26D,27D,28D,29D,30D,33D,34D,35D,36D. The lowest BCUT2D eigenvalue weighted by Crippen LogP contribution is -2.08. The van der Waals surface area contributed by atoms with Crippen molar-refractivity contribution in [1.82, 2.24) is 24.1 Å². The third-order valence-corrected chi connectivity index (χ3v) is 19.5. The van der Waals surface area contributed by atoms with Crippen LogP contribution in [-0.4, -0.2) is 24.1 Å². The molecule has 0 N–H and O–H groups in total. The molecule has 5 heterocycles. The molecule has 0 aliphatic heterocycles. The Morgan fingerprint density at radius 3 is 1.09 bits per heavy atom. The van der Waals surface area contributed by atoms with E-state index in [2.05, 4.69) is 9.83 Å². The van der Waals surface area contributed by atoms with Crippen molar-refractivity contribution < 1.29 is 41.1 Å². The Morgan fingerprint density at radius 2 is 0.677 bits per heavy atom. The molecular formula is C88H52N6S2. The molecule has 0 saturated carbocycles. The fourth-order valence-corrected chi connectivity index (χ4v) is 15.5. The van der Waals surface area contributed by atoms with E-state index in [1.54, 1.807) is 126 Å². The third kappa shape index (κ3) is 8.94. The first kappa shape index (κ1) is 32.9. The van der Waals surface area contributed by atoms with Gasteiger partial charge in [0.2, 0.25) is 5.69 Å². The van der Waals surface area contributed by atoms with Gasteiger partial charge in [-0.05, 0) is 117 Å². The highest BCUT2D eigenvalue weighted by Crippen LogP contribution is 2.54. The molecule has 0 bridgehead atoms. The molecule has 6 nitrogen and oxygen atoms in total. The minimum absolute atomic E-state index is 0.0298. The van der Waals surface area contributed by atoms with E-state index in [-0.39, 0.29) is 78.2 Å². The summed E-state index contributed by atoms with van der Waals surface area (Å²) < 4.78 is 275. The fourth-order valence-electron chi connectivity index (χ4n) is 13.0. The maximum absolute atomic E-state index is 9.76. The summed E-state index contributed by atoms with van der Waals surface area (Å²) in [5.74, 6) is -1.86. The van der Waals surface area contributed by atoms with E-state index in [1.165, 1.54) is 28.7 Å². The van der Waals surface area contributed by atoms with Crippen molar-refractivity contribution in [3.8, 4) is 101 Å². The fraction of sp³-hybridized carbons (Fsp3) is 0. The first-order chi connectivity index (χ1) is 60.0. The average Bonchev–Trinajstić information content (AvgIpc) is 1.54. The molecule has 14 aromatic carbocycles. The Hall–Kier alpha value is -12.4. The Kier molecular flexibility index (Phi) is 7.70. The number of hydrogen-bond donors (Lipinski definition) is 0. The van der Waals surface area contributed by atoms with Crippen molar-refractivity contribution in [1.29, 1.82) is 0 Å². The molecule has 0 aliphatic rings. The molecule has 0 spiro atoms. The second-order valence-corrected chi connectivity index (χ2v) is 24.3. The number of nitrogens with zero attached hydrogens (tertiary/aromatic N) is 6. The lowest BCUT2D eigenvalue weighted by Gasteiger charge is -2.24. The van der Waals surface area contributed by atoms with Gasteiger partial charge in [0.05, 0.1) is 81.1 Å². The Morgan fingerprint density at radius 1 is 0.312 bits per heavy atom. The van der Waals surface area contributed by atoms with Crippen LogP contribution in [0.4, 0.5) is 5.69 Å². The second kappa shape index (κ2) is 22.4. The van der Waals surface area contributed by atoms with Gasteiger partial charge < -0.3 is 9.13 Å². The van der Waals surface area contributed by atoms with Crippen LogP contribution >= 0.6 is 22.7 Å². The van der Waals surface area contributed by atoms with Gasteiger partial charge in [0.15, 0.2) is 17.5 Å². The summed E-state index contributed by atoms with van der Waals surface area (Å²) in [5.41, 5.74) is 0.506. The highest BCUT2D eigenvalue weighted by molar-refractivity contribution is 7.27. The minimum atomic E-state index is -0.840. The topological polar surface area (TPSA) is 52.9 Å². The number of rotatable bonds is 10. The van der Waals surface area contributed by atoms with Crippen molar-refractivity contribution in [2.24, 2.45) is 0 Å². The molecule has 0 radical (unpaired) electrons. The quantitative estimate of drug-likeness (QED) is 0.128. The molecule has 5 aromatic heterocycles. The van der Waals surface area contributed by atoms with Crippen LogP contribution in [0.2, 0.25) is 0 Å². The van der Waals surface area contributed by atoms with Gasteiger partial charge >= 0.3 is 0 Å².